The SMILES string of the molecule is CCCCCC=CCC=CCC=CCCCCCC(Cl)C(=O)O. The van der Waals surface area contributed by atoms with Crippen LogP contribution in [0.4, 0.5) is 0 Å². The van der Waals surface area contributed by atoms with Crippen molar-refractivity contribution in [2.24, 2.45) is 0 Å². The summed E-state index contributed by atoms with van der Waals surface area (Å²) in [6, 6.07) is 0. The molecule has 0 heterocycles. The highest BCUT2D eigenvalue weighted by molar-refractivity contribution is 6.29. The van der Waals surface area contributed by atoms with Crippen LogP contribution in [0.15, 0.2) is 36.5 Å². The number of aliphatic carboxylic acids is 1. The lowest BCUT2D eigenvalue weighted by molar-refractivity contribution is -0.136. The van der Waals surface area contributed by atoms with Crippen molar-refractivity contribution in [1.82, 2.24) is 0 Å². The molecule has 0 aliphatic carbocycles. The molecular weight excluding hydrogens is 308 g/mol. The van der Waals surface area contributed by atoms with Crippen molar-refractivity contribution < 1.29 is 9.90 Å². The molecule has 0 aromatic heterocycles. The summed E-state index contributed by atoms with van der Waals surface area (Å²) in [7, 11) is 0. The van der Waals surface area contributed by atoms with Gasteiger partial charge in [-0.15, -0.1) is 11.6 Å². The summed E-state index contributed by atoms with van der Waals surface area (Å²) in [5, 5.41) is 7.93. The highest BCUT2D eigenvalue weighted by Crippen LogP contribution is 2.10. The van der Waals surface area contributed by atoms with E-state index in [0.717, 1.165) is 38.5 Å². The number of rotatable bonds is 15. The molecule has 132 valence electrons. The zero-order valence-electron chi connectivity index (χ0n) is 14.6. The number of carbonyl (C=O) groups is 1. The normalized spacial score (nSPS) is 13.5. The molecule has 23 heavy (non-hydrogen) atoms. The first-order valence-electron chi connectivity index (χ1n) is 9.00. The topological polar surface area (TPSA) is 37.3 Å². The van der Waals surface area contributed by atoms with Crippen LogP contribution >= 0.6 is 11.6 Å². The quantitative estimate of drug-likeness (QED) is 0.205. The lowest BCUT2D eigenvalue weighted by atomic mass is 10.1. The summed E-state index contributed by atoms with van der Waals surface area (Å²) in [6.45, 7) is 2.23. The van der Waals surface area contributed by atoms with Gasteiger partial charge in [-0.05, 0) is 44.9 Å². The molecule has 0 radical (unpaired) electrons. The predicted octanol–water partition coefficient (Wildman–Crippen LogP) is 6.66. The predicted molar refractivity (Wildman–Crippen MR) is 101 cm³/mol. The third-order valence-electron chi connectivity index (χ3n) is 3.61. The van der Waals surface area contributed by atoms with Crippen LogP contribution in [0.1, 0.15) is 77.6 Å². The van der Waals surface area contributed by atoms with Gasteiger partial charge in [-0.2, -0.15) is 0 Å². The fourth-order valence-electron chi connectivity index (χ4n) is 2.18. The molecule has 0 spiro atoms. The van der Waals surface area contributed by atoms with Gasteiger partial charge in [0.05, 0.1) is 0 Å². The third kappa shape index (κ3) is 17.2. The van der Waals surface area contributed by atoms with E-state index >= 15 is 0 Å². The van der Waals surface area contributed by atoms with Crippen LogP contribution in [0.5, 0.6) is 0 Å². The number of carboxylic acid groups (broad SMARTS) is 1. The van der Waals surface area contributed by atoms with Crippen LogP contribution in [-0.4, -0.2) is 16.5 Å². The second-order valence-corrected chi connectivity index (χ2v) is 6.35. The van der Waals surface area contributed by atoms with E-state index in [0.29, 0.717) is 6.42 Å². The fraction of sp³-hybridized carbons (Fsp3) is 0.650. The molecule has 0 saturated carbocycles. The molecule has 0 bridgehead atoms. The Bertz CT molecular complexity index is 359. The van der Waals surface area contributed by atoms with Crippen LogP contribution < -0.4 is 0 Å². The first kappa shape index (κ1) is 22.0. The van der Waals surface area contributed by atoms with Crippen molar-refractivity contribution in [2.45, 2.75) is 82.9 Å². The number of halogens is 1. The molecule has 0 amide bonds. The van der Waals surface area contributed by atoms with E-state index in [9.17, 15) is 4.79 Å². The maximum absolute atomic E-state index is 10.5. The fourth-order valence-corrected chi connectivity index (χ4v) is 2.33. The van der Waals surface area contributed by atoms with Gasteiger partial charge in [0.15, 0.2) is 0 Å². The lowest BCUT2D eigenvalue weighted by Crippen LogP contribution is -2.12. The summed E-state index contributed by atoms with van der Waals surface area (Å²) in [4.78, 5) is 10.5. The first-order chi connectivity index (χ1) is 11.2. The Balaban J connectivity index is 3.37. The molecule has 1 N–H and O–H groups in total. The number of alkyl halides is 1. The average molecular weight is 341 g/mol. The van der Waals surface area contributed by atoms with Crippen molar-refractivity contribution in [3.05, 3.63) is 36.5 Å². The molecule has 0 fully saturated rings. The van der Waals surface area contributed by atoms with Crippen molar-refractivity contribution in [2.75, 3.05) is 0 Å². The second kappa shape index (κ2) is 17.3. The van der Waals surface area contributed by atoms with Gasteiger partial charge in [0.1, 0.15) is 5.38 Å². The number of carboxylic acids is 1. The molecule has 3 heteroatoms. The van der Waals surface area contributed by atoms with E-state index < -0.39 is 11.3 Å². The summed E-state index contributed by atoms with van der Waals surface area (Å²) in [5.41, 5.74) is 0. The van der Waals surface area contributed by atoms with E-state index in [-0.39, 0.29) is 0 Å². The Morgan fingerprint density at radius 2 is 1.39 bits per heavy atom. The highest BCUT2D eigenvalue weighted by Gasteiger charge is 2.11. The minimum absolute atomic E-state index is 0.565. The van der Waals surface area contributed by atoms with Crippen molar-refractivity contribution >= 4 is 17.6 Å². The van der Waals surface area contributed by atoms with E-state index in [1.54, 1.807) is 0 Å². The number of allylic oxidation sites excluding steroid dienone is 6. The van der Waals surface area contributed by atoms with Gasteiger partial charge < -0.3 is 5.11 Å². The molecule has 2 nitrogen and oxygen atoms in total. The molecule has 0 aliphatic heterocycles. The summed E-state index contributed by atoms with van der Waals surface area (Å²) < 4.78 is 0. The molecule has 0 aromatic carbocycles. The average Bonchev–Trinajstić information content (AvgIpc) is 2.54. The van der Waals surface area contributed by atoms with Gasteiger partial charge >= 0.3 is 5.97 Å². The zero-order valence-corrected chi connectivity index (χ0v) is 15.3. The van der Waals surface area contributed by atoms with Gasteiger partial charge in [0, 0.05) is 0 Å². The highest BCUT2D eigenvalue weighted by atomic mass is 35.5. The van der Waals surface area contributed by atoms with Crippen LogP contribution in [0.3, 0.4) is 0 Å². The summed E-state index contributed by atoms with van der Waals surface area (Å²) in [5.74, 6) is -0.908. The van der Waals surface area contributed by atoms with E-state index in [2.05, 4.69) is 43.4 Å². The molecule has 1 unspecified atom stereocenters. The molecular formula is C20H33ClO2. The van der Waals surface area contributed by atoms with Gasteiger partial charge in [-0.25, -0.2) is 0 Å². The molecule has 1 atom stereocenters. The Morgan fingerprint density at radius 1 is 0.870 bits per heavy atom. The Labute approximate surface area is 147 Å². The van der Waals surface area contributed by atoms with Crippen LogP contribution in [-0.2, 0) is 4.79 Å². The molecule has 0 rings (SSSR count). The minimum atomic E-state index is -0.908. The smallest absolute Gasteiger partial charge is 0.321 e. The second-order valence-electron chi connectivity index (χ2n) is 5.83. The number of unbranched alkanes of at least 4 members (excludes halogenated alkanes) is 6. The third-order valence-corrected chi connectivity index (χ3v) is 4.02. The Hall–Kier alpha value is -1.02. The van der Waals surface area contributed by atoms with Crippen molar-refractivity contribution in [1.29, 1.82) is 0 Å². The van der Waals surface area contributed by atoms with Gasteiger partial charge in [0.2, 0.25) is 0 Å². The van der Waals surface area contributed by atoms with Gasteiger partial charge in [-0.1, -0.05) is 69.1 Å². The van der Waals surface area contributed by atoms with Crippen molar-refractivity contribution in [3.8, 4) is 0 Å². The zero-order chi connectivity index (χ0) is 17.2. The number of hydrogen-bond acceptors (Lipinski definition) is 1. The lowest BCUT2D eigenvalue weighted by Gasteiger charge is -2.02. The first-order valence-corrected chi connectivity index (χ1v) is 9.44. The molecule has 0 aliphatic rings. The number of hydrogen-bond donors (Lipinski definition) is 1. The standard InChI is InChI=1S/C20H33ClO2/c1-2-3-4-5-6-7-8-9-10-11-12-13-14-15-16-17-18-19(21)20(22)23/h6-7,9-10,12-13,19H,2-5,8,11,14-18H2,1H3,(H,22,23). The largest absolute Gasteiger partial charge is 0.480 e. The summed E-state index contributed by atoms with van der Waals surface area (Å²) >= 11 is 5.65. The monoisotopic (exact) mass is 340 g/mol. The van der Waals surface area contributed by atoms with Crippen molar-refractivity contribution in [3.63, 3.8) is 0 Å². The van der Waals surface area contributed by atoms with Gasteiger partial charge in [-0.3, -0.25) is 4.79 Å². The molecule has 0 aromatic rings. The maximum Gasteiger partial charge on any atom is 0.321 e. The molecule has 0 saturated heterocycles. The summed E-state index contributed by atoms with van der Waals surface area (Å²) in [6.07, 6.45) is 25.2. The van der Waals surface area contributed by atoms with E-state index in [1.165, 1.54) is 25.7 Å². The Kier molecular flexibility index (Phi) is 16.6. The Morgan fingerprint density at radius 3 is 1.91 bits per heavy atom. The van der Waals surface area contributed by atoms with E-state index in [4.69, 9.17) is 16.7 Å². The van der Waals surface area contributed by atoms with Gasteiger partial charge in [0.25, 0.3) is 0 Å². The minimum Gasteiger partial charge on any atom is -0.480 e. The van der Waals surface area contributed by atoms with Crippen LogP contribution in [0.2, 0.25) is 0 Å². The van der Waals surface area contributed by atoms with Crippen LogP contribution in [0, 0.1) is 0 Å². The maximum atomic E-state index is 10.5. The van der Waals surface area contributed by atoms with Crippen LogP contribution in [0.25, 0.3) is 0 Å². The van der Waals surface area contributed by atoms with E-state index in [1.807, 2.05) is 0 Å².